The molecule has 1 fully saturated rings. The Balaban J connectivity index is 1.67. The van der Waals surface area contributed by atoms with Gasteiger partial charge in [-0.1, -0.05) is 12.1 Å². The molecule has 4 rings (SSSR count). The van der Waals surface area contributed by atoms with Crippen LogP contribution in [0, 0.1) is 11.3 Å². The van der Waals surface area contributed by atoms with Crippen LogP contribution in [0.15, 0.2) is 24.3 Å². The normalized spacial score (nSPS) is 19.0. The Hall–Kier alpha value is -3.06. The van der Waals surface area contributed by atoms with E-state index in [1.165, 1.54) is 19.2 Å². The van der Waals surface area contributed by atoms with E-state index in [-0.39, 0.29) is 24.3 Å². The molecule has 1 aromatic carbocycles. The molecule has 0 radical (unpaired) electrons. The van der Waals surface area contributed by atoms with Gasteiger partial charge < -0.3 is 19.9 Å². The van der Waals surface area contributed by atoms with Crippen LogP contribution in [0.25, 0.3) is 0 Å². The molecule has 1 N–H and O–H groups in total. The van der Waals surface area contributed by atoms with Crippen molar-refractivity contribution in [2.24, 2.45) is 0 Å². The number of aromatic nitrogens is 2. The van der Waals surface area contributed by atoms with Crippen LogP contribution in [0.3, 0.4) is 0 Å². The van der Waals surface area contributed by atoms with Gasteiger partial charge in [0.05, 0.1) is 37.4 Å². The number of fused-ring (bicyclic) bond motifs is 1. The molecule has 1 aromatic heterocycles. The molecule has 164 valence electrons. The van der Waals surface area contributed by atoms with E-state index >= 15 is 0 Å². The monoisotopic (exact) mass is 432 g/mol. The van der Waals surface area contributed by atoms with Crippen molar-refractivity contribution >= 4 is 11.5 Å². The molecule has 0 spiro atoms. The Kier molecular flexibility index (Phi) is 5.87. The summed E-state index contributed by atoms with van der Waals surface area (Å²) in [5.74, 6) is 0.745. The lowest BCUT2D eigenvalue weighted by Gasteiger charge is -2.37. The fourth-order valence-electron chi connectivity index (χ4n) is 4.20. The van der Waals surface area contributed by atoms with E-state index < -0.39 is 11.7 Å². The van der Waals surface area contributed by atoms with Crippen molar-refractivity contribution in [3.05, 3.63) is 41.1 Å². The van der Waals surface area contributed by atoms with Gasteiger partial charge in [0.2, 0.25) is 0 Å². The van der Waals surface area contributed by atoms with E-state index in [0.29, 0.717) is 31.6 Å². The maximum absolute atomic E-state index is 13.5. The molecule has 3 heterocycles. The number of hydrogen-bond donors (Lipinski definition) is 1. The minimum Gasteiger partial charge on any atom is -0.467 e. The fourth-order valence-corrected chi connectivity index (χ4v) is 4.20. The average Bonchev–Trinajstić information content (AvgIpc) is 2.77. The number of nitrogens with zero attached hydrogens (tertiary/aromatic N) is 5. The van der Waals surface area contributed by atoms with Crippen molar-refractivity contribution in [2.45, 2.75) is 31.6 Å². The predicted molar refractivity (Wildman–Crippen MR) is 109 cm³/mol. The third-order valence-electron chi connectivity index (χ3n) is 5.65. The van der Waals surface area contributed by atoms with Crippen molar-refractivity contribution in [1.29, 1.82) is 5.26 Å². The van der Waals surface area contributed by atoms with Gasteiger partial charge in [0.1, 0.15) is 5.82 Å². The van der Waals surface area contributed by atoms with Crippen molar-refractivity contribution in [2.75, 3.05) is 43.1 Å². The summed E-state index contributed by atoms with van der Waals surface area (Å²) < 4.78 is 45.8. The topological polar surface area (TPSA) is 77.3 Å². The third kappa shape index (κ3) is 4.37. The Labute approximate surface area is 178 Å². The Morgan fingerprint density at radius 2 is 2.03 bits per heavy atom. The van der Waals surface area contributed by atoms with E-state index in [4.69, 9.17) is 10.00 Å². The molecule has 1 saturated heterocycles. The van der Waals surface area contributed by atoms with Crippen molar-refractivity contribution in [3.63, 3.8) is 0 Å². The van der Waals surface area contributed by atoms with Crippen LogP contribution in [-0.4, -0.2) is 49.3 Å². The lowest BCUT2D eigenvalue weighted by molar-refractivity contribution is -0.137. The van der Waals surface area contributed by atoms with Crippen molar-refractivity contribution in [1.82, 2.24) is 15.3 Å². The number of para-hydroxylation sites is 1. The van der Waals surface area contributed by atoms with Crippen LogP contribution in [0.1, 0.15) is 23.2 Å². The van der Waals surface area contributed by atoms with Crippen LogP contribution in [0.4, 0.5) is 24.7 Å². The summed E-state index contributed by atoms with van der Waals surface area (Å²) in [7, 11) is 1.47. The van der Waals surface area contributed by atoms with Gasteiger partial charge in [-0.05, 0) is 18.6 Å². The maximum atomic E-state index is 13.5. The van der Waals surface area contributed by atoms with Gasteiger partial charge in [0, 0.05) is 43.5 Å². The summed E-state index contributed by atoms with van der Waals surface area (Å²) in [5, 5.41) is 12.4. The third-order valence-corrected chi connectivity index (χ3v) is 5.65. The number of hydrogen-bond acceptors (Lipinski definition) is 7. The number of benzene rings is 1. The quantitative estimate of drug-likeness (QED) is 0.796. The number of methoxy groups -OCH3 is 1. The number of nitrogens with one attached hydrogen (secondary N) is 1. The van der Waals surface area contributed by atoms with Crippen LogP contribution in [-0.2, 0) is 19.1 Å². The Morgan fingerprint density at radius 3 is 2.77 bits per heavy atom. The van der Waals surface area contributed by atoms with E-state index in [0.717, 1.165) is 30.5 Å². The standard InChI is InChI=1S/C21H23F3N6O/c1-31-20-27-17-13-29(18-5-3-2-4-16(18)21(22,23)24)10-7-15(17)19(28-20)30-11-9-26-14(12-30)6-8-25/h2-5,14,26H,6-7,9-13H2,1H3. The highest BCUT2D eigenvalue weighted by molar-refractivity contribution is 5.59. The van der Waals surface area contributed by atoms with Gasteiger partial charge in [-0.25, -0.2) is 0 Å². The molecular weight excluding hydrogens is 409 g/mol. The van der Waals surface area contributed by atoms with Gasteiger partial charge in [0.15, 0.2) is 0 Å². The maximum Gasteiger partial charge on any atom is 0.418 e. The molecule has 2 aromatic rings. The van der Waals surface area contributed by atoms with Crippen molar-refractivity contribution in [3.8, 4) is 12.1 Å². The molecule has 1 unspecified atom stereocenters. The Morgan fingerprint density at radius 1 is 1.23 bits per heavy atom. The number of alkyl halides is 3. The number of piperazine rings is 1. The zero-order valence-corrected chi connectivity index (χ0v) is 17.1. The highest BCUT2D eigenvalue weighted by Crippen LogP contribution is 2.39. The zero-order chi connectivity index (χ0) is 22.0. The predicted octanol–water partition coefficient (Wildman–Crippen LogP) is 2.76. The summed E-state index contributed by atoms with van der Waals surface area (Å²) in [6.07, 6.45) is -3.52. The zero-order valence-electron chi connectivity index (χ0n) is 17.1. The number of nitriles is 1. The lowest BCUT2D eigenvalue weighted by Crippen LogP contribution is -2.51. The Bertz CT molecular complexity index is 990. The first-order chi connectivity index (χ1) is 14.9. The second-order valence-electron chi connectivity index (χ2n) is 7.60. The van der Waals surface area contributed by atoms with E-state index in [9.17, 15) is 13.2 Å². The van der Waals surface area contributed by atoms with Crippen LogP contribution in [0.2, 0.25) is 0 Å². The summed E-state index contributed by atoms with van der Waals surface area (Å²) >= 11 is 0. The van der Waals surface area contributed by atoms with Crippen molar-refractivity contribution < 1.29 is 17.9 Å². The second-order valence-corrected chi connectivity index (χ2v) is 7.60. The first-order valence-corrected chi connectivity index (χ1v) is 10.1. The molecule has 0 saturated carbocycles. The molecule has 2 aliphatic heterocycles. The van der Waals surface area contributed by atoms with Crippen LogP contribution >= 0.6 is 0 Å². The molecule has 10 heteroatoms. The SMILES string of the molecule is COc1nc2c(c(N3CCNC(CC#N)C3)n1)CCN(c1ccccc1C(F)(F)F)C2. The van der Waals surface area contributed by atoms with E-state index in [2.05, 4.69) is 26.3 Å². The molecule has 31 heavy (non-hydrogen) atoms. The van der Waals surface area contributed by atoms with Gasteiger partial charge in [-0.15, -0.1) is 0 Å². The smallest absolute Gasteiger partial charge is 0.418 e. The van der Waals surface area contributed by atoms with Crippen LogP contribution in [0.5, 0.6) is 6.01 Å². The first-order valence-electron chi connectivity index (χ1n) is 10.1. The molecule has 0 amide bonds. The van der Waals surface area contributed by atoms with E-state index in [1.807, 2.05) is 0 Å². The summed E-state index contributed by atoms with van der Waals surface area (Å²) in [5.41, 5.74) is 1.09. The molecule has 0 bridgehead atoms. The van der Waals surface area contributed by atoms with E-state index in [1.54, 1.807) is 11.0 Å². The lowest BCUT2D eigenvalue weighted by atomic mass is 10.0. The van der Waals surface area contributed by atoms with Gasteiger partial charge >= 0.3 is 12.2 Å². The second kappa shape index (κ2) is 8.59. The minimum absolute atomic E-state index is 0.0362. The molecule has 2 aliphatic rings. The first kappa shape index (κ1) is 21.2. The van der Waals surface area contributed by atoms with Gasteiger partial charge in [-0.2, -0.15) is 28.4 Å². The largest absolute Gasteiger partial charge is 0.467 e. The van der Waals surface area contributed by atoms with Gasteiger partial charge in [0.25, 0.3) is 0 Å². The fraction of sp³-hybridized carbons (Fsp3) is 0.476. The summed E-state index contributed by atoms with van der Waals surface area (Å²) in [4.78, 5) is 12.8. The molecule has 1 atom stereocenters. The highest BCUT2D eigenvalue weighted by atomic mass is 19.4. The summed E-state index contributed by atoms with van der Waals surface area (Å²) in [6, 6.07) is 8.03. The molecular formula is C21H23F3N6O. The number of anilines is 2. The molecule has 0 aliphatic carbocycles. The highest BCUT2D eigenvalue weighted by Gasteiger charge is 2.36. The van der Waals surface area contributed by atoms with Gasteiger partial charge in [-0.3, -0.25) is 0 Å². The number of halogens is 3. The summed E-state index contributed by atoms with van der Waals surface area (Å²) in [6.45, 7) is 2.73. The number of rotatable bonds is 4. The number of ether oxygens (including phenoxy) is 1. The minimum atomic E-state index is -4.43. The average molecular weight is 432 g/mol. The molecule has 7 nitrogen and oxygen atoms in total. The van der Waals surface area contributed by atoms with Crippen LogP contribution < -0.4 is 19.9 Å².